The van der Waals surface area contributed by atoms with Crippen LogP contribution in [-0.4, -0.2) is 16.9 Å². The van der Waals surface area contributed by atoms with Crippen molar-refractivity contribution in [3.05, 3.63) is 146 Å². The first-order valence-electron chi connectivity index (χ1n) is 13.5. The Morgan fingerprint density at radius 1 is 0.333 bits per heavy atom. The lowest BCUT2D eigenvalue weighted by Crippen LogP contribution is -2.67. The molecule has 0 aliphatic carbocycles. The first-order valence-corrected chi connectivity index (χ1v) is 15.4. The van der Waals surface area contributed by atoms with Crippen LogP contribution in [0.5, 0.6) is 0 Å². The number of hydrogen-bond acceptors (Lipinski definition) is 0. The van der Waals surface area contributed by atoms with E-state index in [2.05, 4.69) is 154 Å². The maximum absolute atomic E-state index is 2.79. The van der Waals surface area contributed by atoms with E-state index in [9.17, 15) is 0 Å². The van der Waals surface area contributed by atoms with E-state index in [-0.39, 0.29) is 0 Å². The van der Waals surface area contributed by atoms with Gasteiger partial charge in [0.25, 0.3) is 0 Å². The summed E-state index contributed by atoms with van der Waals surface area (Å²) in [7, 11) is -2.79. The van der Waals surface area contributed by atoms with Gasteiger partial charge in [0, 0.05) is 21.8 Å². The Balaban J connectivity index is 1.53. The van der Waals surface area contributed by atoms with Crippen molar-refractivity contribution < 1.29 is 0 Å². The molecule has 9 rings (SSSR count). The highest BCUT2D eigenvalue weighted by molar-refractivity contribution is 7.02. The summed E-state index contributed by atoms with van der Waals surface area (Å²) in [5.41, 5.74) is 5.22. The van der Waals surface area contributed by atoms with Gasteiger partial charge in [-0.3, -0.25) is 0 Å². The van der Waals surface area contributed by atoms with Gasteiger partial charge in [0.2, 0.25) is 0 Å². The van der Waals surface area contributed by atoms with Crippen LogP contribution >= 0.6 is 0 Å². The van der Waals surface area contributed by atoms with Gasteiger partial charge in [-0.05, 0) is 68.3 Å². The van der Waals surface area contributed by atoms with Crippen molar-refractivity contribution in [2.75, 3.05) is 0 Å². The smallest absolute Gasteiger partial charge is 0.340 e. The number of rotatable bonds is 2. The van der Waals surface area contributed by atoms with E-state index in [1.807, 2.05) is 0 Å². The first-order chi connectivity index (χ1) is 19.3. The third kappa shape index (κ3) is 2.70. The molecule has 2 nitrogen and oxygen atoms in total. The minimum absolute atomic E-state index is 1.28. The number of nitrogens with zero attached hydrogens (tertiary/aromatic N) is 2. The van der Waals surface area contributed by atoms with Crippen molar-refractivity contribution in [1.29, 1.82) is 0 Å². The number of hydrogen-bond donors (Lipinski definition) is 0. The van der Waals surface area contributed by atoms with Gasteiger partial charge in [0.05, 0.1) is 11.4 Å². The molecule has 0 N–H and O–H groups in total. The predicted octanol–water partition coefficient (Wildman–Crippen LogP) is 7.54. The van der Waals surface area contributed by atoms with Gasteiger partial charge in [-0.25, -0.2) is 0 Å². The molecule has 3 heterocycles. The highest BCUT2D eigenvalue weighted by Gasteiger charge is 2.51. The third-order valence-electron chi connectivity index (χ3n) is 8.60. The molecular formula is C36H24N2Si. The Hall–Kier alpha value is -4.86. The highest BCUT2D eigenvalue weighted by atomic mass is 28.3. The molecule has 8 aromatic rings. The number of benzene rings is 6. The van der Waals surface area contributed by atoms with Gasteiger partial charge in [0.1, 0.15) is 0 Å². The van der Waals surface area contributed by atoms with E-state index in [0.717, 1.165) is 0 Å². The zero-order valence-corrected chi connectivity index (χ0v) is 22.3. The van der Waals surface area contributed by atoms with Crippen LogP contribution in [0.25, 0.3) is 54.7 Å². The lowest BCUT2D eigenvalue weighted by Gasteiger charge is -2.33. The molecule has 0 radical (unpaired) electrons. The average molecular weight is 513 g/mol. The molecule has 39 heavy (non-hydrogen) atoms. The maximum Gasteiger partial charge on any atom is 0.340 e. The number of aromatic nitrogens is 2. The Labute approximate surface area is 227 Å². The van der Waals surface area contributed by atoms with Crippen LogP contribution < -0.4 is 10.4 Å². The van der Waals surface area contributed by atoms with Crippen LogP contribution in [-0.2, 0) is 0 Å². The molecule has 1 aliphatic heterocycles. The molecule has 182 valence electrons. The van der Waals surface area contributed by atoms with Gasteiger partial charge in [-0.2, -0.15) is 0 Å². The lowest BCUT2D eigenvalue weighted by molar-refractivity contribution is 1.20. The van der Waals surface area contributed by atoms with Crippen molar-refractivity contribution in [3.63, 3.8) is 0 Å². The standard InChI is InChI=1S/C36H24N2Si/c1-3-15-31(16-4-1)39(32-17-5-2-6-18-32)37-33-21-27-13-9-7-11-25(27)19-29(33)23-35(37)36-24-30-20-26-12-8-10-14-28(26)22-34(30)38(36)39/h1-24H. The molecular weight excluding hydrogens is 488 g/mol. The summed E-state index contributed by atoms with van der Waals surface area (Å²) in [4.78, 5) is 0. The first kappa shape index (κ1) is 21.1. The molecule has 0 unspecified atom stereocenters. The monoisotopic (exact) mass is 512 g/mol. The third-order valence-corrected chi connectivity index (χ3v) is 13.1. The topological polar surface area (TPSA) is 9.86 Å². The second-order valence-corrected chi connectivity index (χ2v) is 14.0. The highest BCUT2D eigenvalue weighted by Crippen LogP contribution is 2.44. The van der Waals surface area contributed by atoms with Gasteiger partial charge < -0.3 is 8.47 Å². The minimum Gasteiger partial charge on any atom is -0.341 e. The van der Waals surface area contributed by atoms with Crippen molar-refractivity contribution in [3.8, 4) is 11.4 Å². The molecule has 0 amide bonds. The quantitative estimate of drug-likeness (QED) is 0.212. The van der Waals surface area contributed by atoms with Gasteiger partial charge in [-0.15, -0.1) is 0 Å². The largest absolute Gasteiger partial charge is 0.341 e. The zero-order chi connectivity index (χ0) is 25.6. The van der Waals surface area contributed by atoms with Crippen molar-refractivity contribution in [2.24, 2.45) is 0 Å². The second kappa shape index (κ2) is 7.59. The molecule has 0 saturated heterocycles. The average Bonchev–Trinajstić information content (AvgIpc) is 3.63. The van der Waals surface area contributed by atoms with E-state index in [4.69, 9.17) is 0 Å². The van der Waals surface area contributed by atoms with E-state index in [1.165, 1.54) is 65.1 Å². The molecule has 0 bridgehead atoms. The normalized spacial score (nSPS) is 13.8. The summed E-state index contributed by atoms with van der Waals surface area (Å²) in [5.74, 6) is 0. The SMILES string of the molecule is c1ccc([Si]2(c3ccccc3)n3c(cc4cc5ccccc5cc43)-c3cc4cc5ccccc5cc4n32)cc1. The van der Waals surface area contributed by atoms with Gasteiger partial charge in [0.15, 0.2) is 0 Å². The molecule has 3 heteroatoms. The molecule has 0 atom stereocenters. The van der Waals surface area contributed by atoms with Crippen LogP contribution in [0.15, 0.2) is 146 Å². The maximum atomic E-state index is 2.73. The Bertz CT molecular complexity index is 2060. The summed E-state index contributed by atoms with van der Waals surface area (Å²) >= 11 is 0. The Kier molecular flexibility index (Phi) is 4.11. The molecule has 0 fully saturated rings. The summed E-state index contributed by atoms with van der Waals surface area (Å²) < 4.78 is 5.45. The van der Waals surface area contributed by atoms with E-state index in [1.54, 1.807) is 0 Å². The van der Waals surface area contributed by atoms with Crippen LogP contribution in [0.2, 0.25) is 0 Å². The summed E-state index contributed by atoms with van der Waals surface area (Å²) in [6.45, 7) is 0. The molecule has 0 saturated carbocycles. The molecule has 6 aromatic carbocycles. The Morgan fingerprint density at radius 3 is 1.10 bits per heavy atom. The second-order valence-electron chi connectivity index (χ2n) is 10.7. The van der Waals surface area contributed by atoms with Crippen LogP contribution in [0.1, 0.15) is 0 Å². The van der Waals surface area contributed by atoms with E-state index in [0.29, 0.717) is 0 Å². The molecule has 0 spiro atoms. The van der Waals surface area contributed by atoms with Crippen LogP contribution in [0, 0.1) is 0 Å². The Morgan fingerprint density at radius 2 is 0.692 bits per heavy atom. The fourth-order valence-corrected chi connectivity index (χ4v) is 12.0. The van der Waals surface area contributed by atoms with Gasteiger partial charge >= 0.3 is 8.40 Å². The van der Waals surface area contributed by atoms with Crippen molar-refractivity contribution >= 4 is 62.1 Å². The molecule has 1 aliphatic rings. The minimum atomic E-state index is -2.79. The van der Waals surface area contributed by atoms with E-state index >= 15 is 0 Å². The number of fused-ring (bicyclic) bond motifs is 9. The fraction of sp³-hybridized carbons (Fsp3) is 0. The lowest BCUT2D eigenvalue weighted by atomic mass is 10.1. The van der Waals surface area contributed by atoms with Crippen LogP contribution in [0.3, 0.4) is 0 Å². The van der Waals surface area contributed by atoms with E-state index < -0.39 is 8.40 Å². The predicted molar refractivity (Wildman–Crippen MR) is 167 cm³/mol. The van der Waals surface area contributed by atoms with Crippen molar-refractivity contribution in [1.82, 2.24) is 8.47 Å². The van der Waals surface area contributed by atoms with Crippen molar-refractivity contribution in [2.45, 2.75) is 0 Å². The fourth-order valence-electron chi connectivity index (χ4n) is 6.99. The zero-order valence-electron chi connectivity index (χ0n) is 21.3. The van der Waals surface area contributed by atoms with Crippen LogP contribution in [0.4, 0.5) is 0 Å². The summed E-state index contributed by atoms with van der Waals surface area (Å²) in [6, 6.07) is 54.3. The van der Waals surface area contributed by atoms with Gasteiger partial charge in [-0.1, -0.05) is 109 Å². The summed E-state index contributed by atoms with van der Waals surface area (Å²) in [6.07, 6.45) is 0. The summed E-state index contributed by atoms with van der Waals surface area (Å²) in [5, 5.41) is 10.5. The molecule has 2 aromatic heterocycles.